The van der Waals surface area contributed by atoms with Crippen molar-refractivity contribution >= 4 is 17.5 Å². The Kier molecular flexibility index (Phi) is 3.79. The number of carbonyl (C=O) groups is 2. The topological polar surface area (TPSA) is 82.0 Å². The smallest absolute Gasteiger partial charge is 0.267 e. The highest BCUT2D eigenvalue weighted by molar-refractivity contribution is 6.39. The summed E-state index contributed by atoms with van der Waals surface area (Å²) in [5.41, 5.74) is 0.331. The van der Waals surface area contributed by atoms with Crippen molar-refractivity contribution in [2.45, 2.75) is 25.8 Å². The van der Waals surface area contributed by atoms with Crippen molar-refractivity contribution in [3.05, 3.63) is 0 Å². The summed E-state index contributed by atoms with van der Waals surface area (Å²) >= 11 is 0. The largest absolute Gasteiger partial charge is 0.394 e. The molecule has 1 aliphatic rings. The van der Waals surface area contributed by atoms with Crippen LogP contribution < -0.4 is 5.32 Å². The quantitative estimate of drug-likeness (QED) is 0.637. The minimum atomic E-state index is -0.323. The molecule has 84 valence electrons. The number of carbonyl (C=O) groups excluding carboxylic acids is 2. The lowest BCUT2D eigenvalue weighted by molar-refractivity contribution is -0.130. The molecule has 0 radical (unpaired) electrons. The van der Waals surface area contributed by atoms with Gasteiger partial charge in [0.1, 0.15) is 5.71 Å². The molecule has 1 rings (SSSR count). The van der Waals surface area contributed by atoms with Gasteiger partial charge in [-0.3, -0.25) is 9.59 Å². The van der Waals surface area contributed by atoms with Gasteiger partial charge in [-0.25, -0.2) is 5.01 Å². The number of hydrogen-bond acceptors (Lipinski definition) is 4. The molecule has 0 aromatic heterocycles. The van der Waals surface area contributed by atoms with Crippen molar-refractivity contribution in [2.24, 2.45) is 5.10 Å². The highest BCUT2D eigenvalue weighted by Gasteiger charge is 2.22. The van der Waals surface area contributed by atoms with Crippen molar-refractivity contribution in [1.29, 1.82) is 0 Å². The van der Waals surface area contributed by atoms with E-state index in [0.717, 1.165) is 0 Å². The Bertz CT molecular complexity index is 301. The Balaban J connectivity index is 2.61. The Morgan fingerprint density at radius 3 is 2.87 bits per heavy atom. The number of rotatable bonds is 3. The molecule has 1 aliphatic heterocycles. The van der Waals surface area contributed by atoms with Crippen LogP contribution in [0.25, 0.3) is 0 Å². The van der Waals surface area contributed by atoms with Gasteiger partial charge in [0.05, 0.1) is 6.61 Å². The summed E-state index contributed by atoms with van der Waals surface area (Å²) in [6.07, 6.45) is 0.656. The van der Waals surface area contributed by atoms with Crippen LogP contribution in [0.5, 0.6) is 0 Å². The summed E-state index contributed by atoms with van der Waals surface area (Å²) in [5.74, 6) is -0.419. The summed E-state index contributed by atoms with van der Waals surface area (Å²) in [6.45, 7) is 1.57. The average molecular weight is 213 g/mol. The Hall–Kier alpha value is -1.43. The third-order valence-electron chi connectivity index (χ3n) is 2.12. The maximum absolute atomic E-state index is 11.5. The van der Waals surface area contributed by atoms with E-state index in [2.05, 4.69) is 10.4 Å². The van der Waals surface area contributed by atoms with E-state index in [0.29, 0.717) is 18.6 Å². The lowest BCUT2D eigenvalue weighted by Gasteiger charge is -2.20. The van der Waals surface area contributed by atoms with Crippen LogP contribution in [0.4, 0.5) is 0 Å². The van der Waals surface area contributed by atoms with E-state index in [1.165, 1.54) is 12.1 Å². The molecule has 2 N–H and O–H groups in total. The van der Waals surface area contributed by atoms with Gasteiger partial charge in [-0.05, 0) is 6.92 Å². The van der Waals surface area contributed by atoms with Crippen LogP contribution >= 0.6 is 0 Å². The van der Waals surface area contributed by atoms with Crippen LogP contribution in [0.15, 0.2) is 5.10 Å². The van der Waals surface area contributed by atoms with Gasteiger partial charge in [0.2, 0.25) is 5.91 Å². The zero-order chi connectivity index (χ0) is 11.4. The van der Waals surface area contributed by atoms with Gasteiger partial charge in [0, 0.05) is 25.9 Å². The van der Waals surface area contributed by atoms with E-state index < -0.39 is 0 Å². The van der Waals surface area contributed by atoms with Crippen LogP contribution in [0.2, 0.25) is 0 Å². The molecule has 0 bridgehead atoms. The SMILES string of the molecule is CC(CO)NC(=O)C1=NN(C)C(=O)CC1. The van der Waals surface area contributed by atoms with Gasteiger partial charge < -0.3 is 10.4 Å². The van der Waals surface area contributed by atoms with Crippen LogP contribution in [0.3, 0.4) is 0 Å². The van der Waals surface area contributed by atoms with E-state index in [9.17, 15) is 9.59 Å². The van der Waals surface area contributed by atoms with E-state index in [-0.39, 0.29) is 24.5 Å². The van der Waals surface area contributed by atoms with Gasteiger partial charge in [0.25, 0.3) is 5.91 Å². The van der Waals surface area contributed by atoms with Gasteiger partial charge in [-0.1, -0.05) is 0 Å². The summed E-state index contributed by atoms with van der Waals surface area (Å²) in [4.78, 5) is 22.6. The maximum Gasteiger partial charge on any atom is 0.267 e. The van der Waals surface area contributed by atoms with Gasteiger partial charge in [-0.2, -0.15) is 5.10 Å². The molecule has 0 fully saturated rings. The number of aliphatic hydroxyl groups is 1. The number of nitrogens with zero attached hydrogens (tertiary/aromatic N) is 2. The minimum Gasteiger partial charge on any atom is -0.394 e. The highest BCUT2D eigenvalue weighted by Crippen LogP contribution is 2.06. The van der Waals surface area contributed by atoms with Crippen molar-refractivity contribution in [3.8, 4) is 0 Å². The molecular weight excluding hydrogens is 198 g/mol. The molecular formula is C9H15N3O3. The first-order valence-corrected chi connectivity index (χ1v) is 4.80. The van der Waals surface area contributed by atoms with Gasteiger partial charge in [0.15, 0.2) is 0 Å². The number of nitrogens with one attached hydrogen (secondary N) is 1. The Morgan fingerprint density at radius 2 is 2.33 bits per heavy atom. The van der Waals surface area contributed by atoms with Crippen molar-refractivity contribution in [3.63, 3.8) is 0 Å². The number of aliphatic hydroxyl groups excluding tert-OH is 1. The highest BCUT2D eigenvalue weighted by atomic mass is 16.3. The summed E-state index contributed by atoms with van der Waals surface area (Å²) in [6, 6.07) is -0.303. The number of hydrazone groups is 1. The van der Waals surface area contributed by atoms with E-state index in [1.54, 1.807) is 6.92 Å². The minimum absolute atomic E-state index is 0.0956. The normalized spacial score (nSPS) is 18.5. The lowest BCUT2D eigenvalue weighted by Crippen LogP contribution is -2.42. The molecule has 2 amide bonds. The Morgan fingerprint density at radius 1 is 1.67 bits per heavy atom. The standard InChI is InChI=1S/C9H15N3O3/c1-6(5-13)10-9(15)7-3-4-8(14)12(2)11-7/h6,13H,3-5H2,1-2H3,(H,10,15). The van der Waals surface area contributed by atoms with E-state index in [1.807, 2.05) is 0 Å². The predicted octanol–water partition coefficient (Wildman–Crippen LogP) is -0.908. The monoisotopic (exact) mass is 213 g/mol. The number of amides is 2. The van der Waals surface area contributed by atoms with Crippen molar-refractivity contribution in [1.82, 2.24) is 10.3 Å². The summed E-state index contributed by atoms with van der Waals surface area (Å²) in [5, 5.41) is 16.4. The number of hydrogen-bond donors (Lipinski definition) is 2. The fraction of sp³-hybridized carbons (Fsp3) is 0.667. The summed E-state index contributed by atoms with van der Waals surface area (Å²) < 4.78 is 0. The average Bonchev–Trinajstić information content (AvgIpc) is 2.21. The van der Waals surface area contributed by atoms with Crippen LogP contribution in [-0.4, -0.2) is 47.3 Å². The molecule has 6 heteroatoms. The molecule has 6 nitrogen and oxygen atoms in total. The van der Waals surface area contributed by atoms with E-state index >= 15 is 0 Å². The molecule has 0 aromatic carbocycles. The first-order chi connectivity index (χ1) is 7.04. The van der Waals surface area contributed by atoms with Gasteiger partial charge in [-0.15, -0.1) is 0 Å². The third-order valence-corrected chi connectivity index (χ3v) is 2.12. The molecule has 0 saturated heterocycles. The molecule has 1 atom stereocenters. The van der Waals surface area contributed by atoms with Crippen molar-refractivity contribution in [2.75, 3.05) is 13.7 Å². The fourth-order valence-corrected chi connectivity index (χ4v) is 1.19. The summed E-state index contributed by atoms with van der Waals surface area (Å²) in [7, 11) is 1.52. The van der Waals surface area contributed by atoms with Crippen LogP contribution in [0, 0.1) is 0 Å². The zero-order valence-electron chi connectivity index (χ0n) is 8.86. The van der Waals surface area contributed by atoms with E-state index in [4.69, 9.17) is 5.11 Å². The molecule has 0 spiro atoms. The van der Waals surface area contributed by atoms with Crippen LogP contribution in [-0.2, 0) is 9.59 Å². The molecule has 1 heterocycles. The molecule has 0 aromatic rings. The second-order valence-electron chi connectivity index (χ2n) is 3.52. The van der Waals surface area contributed by atoms with Gasteiger partial charge >= 0.3 is 0 Å². The molecule has 0 aliphatic carbocycles. The first kappa shape index (κ1) is 11.6. The second-order valence-corrected chi connectivity index (χ2v) is 3.52. The second kappa shape index (κ2) is 4.88. The zero-order valence-corrected chi connectivity index (χ0v) is 8.86. The van der Waals surface area contributed by atoms with Crippen molar-refractivity contribution < 1.29 is 14.7 Å². The molecule has 0 saturated carbocycles. The molecule has 15 heavy (non-hydrogen) atoms. The lowest BCUT2D eigenvalue weighted by atomic mass is 10.1. The Labute approximate surface area is 87.9 Å². The predicted molar refractivity (Wildman–Crippen MR) is 54.1 cm³/mol. The third kappa shape index (κ3) is 3.02. The molecule has 1 unspecified atom stereocenters. The first-order valence-electron chi connectivity index (χ1n) is 4.80. The fourth-order valence-electron chi connectivity index (χ4n) is 1.19. The maximum atomic E-state index is 11.5. The van der Waals surface area contributed by atoms with Crippen LogP contribution in [0.1, 0.15) is 19.8 Å².